The molecule has 0 unspecified atom stereocenters. The van der Waals surface area contributed by atoms with Crippen molar-refractivity contribution in [2.45, 2.75) is 13.8 Å². The predicted octanol–water partition coefficient (Wildman–Crippen LogP) is 1.74. The van der Waals surface area contributed by atoms with Crippen molar-refractivity contribution >= 4 is 24.0 Å². The van der Waals surface area contributed by atoms with Gasteiger partial charge in [-0.25, -0.2) is 9.59 Å². The smallest absolute Gasteiger partial charge is 0.331 e. The van der Waals surface area contributed by atoms with E-state index in [4.69, 9.17) is 14.2 Å². The van der Waals surface area contributed by atoms with Crippen LogP contribution in [-0.4, -0.2) is 45.3 Å². The number of amides is 3. The van der Waals surface area contributed by atoms with Crippen LogP contribution in [0.4, 0.5) is 4.79 Å². The topological polar surface area (TPSA) is 103 Å². The Balaban J connectivity index is 2.60. The van der Waals surface area contributed by atoms with Crippen molar-refractivity contribution < 1.29 is 28.6 Å². The van der Waals surface area contributed by atoms with Gasteiger partial charge in [0.25, 0.3) is 5.91 Å². The van der Waals surface area contributed by atoms with Gasteiger partial charge in [-0.1, -0.05) is 19.9 Å². The Hall–Kier alpha value is -3.03. The summed E-state index contributed by atoms with van der Waals surface area (Å²) < 4.78 is 15.7. The molecule has 0 radical (unpaired) electrons. The maximum Gasteiger partial charge on any atom is 0.331 e. The third-order valence-corrected chi connectivity index (χ3v) is 3.00. The van der Waals surface area contributed by atoms with Crippen LogP contribution in [0.1, 0.15) is 19.4 Å². The van der Waals surface area contributed by atoms with E-state index in [1.165, 1.54) is 26.3 Å². The van der Waals surface area contributed by atoms with E-state index in [1.54, 1.807) is 18.2 Å². The fourth-order valence-electron chi connectivity index (χ4n) is 1.74. The number of nitrogens with one attached hydrogen (secondary N) is 2. The largest absolute Gasteiger partial charge is 0.493 e. The monoisotopic (exact) mass is 364 g/mol. The lowest BCUT2D eigenvalue weighted by Crippen LogP contribution is -2.39. The van der Waals surface area contributed by atoms with Gasteiger partial charge in [0.2, 0.25) is 0 Å². The lowest BCUT2D eigenvalue weighted by Gasteiger charge is -2.12. The summed E-state index contributed by atoms with van der Waals surface area (Å²) >= 11 is 0. The molecule has 2 N–H and O–H groups in total. The number of hydrogen-bond acceptors (Lipinski definition) is 6. The van der Waals surface area contributed by atoms with Crippen LogP contribution in [-0.2, 0) is 14.3 Å². The molecule has 0 aliphatic rings. The molecule has 0 atom stereocenters. The molecular formula is C18H24N2O6. The highest BCUT2D eigenvalue weighted by molar-refractivity contribution is 5.96. The zero-order chi connectivity index (χ0) is 19.5. The van der Waals surface area contributed by atoms with E-state index in [0.717, 1.165) is 0 Å². The summed E-state index contributed by atoms with van der Waals surface area (Å²) in [6.07, 6.45) is 2.70. The molecule has 26 heavy (non-hydrogen) atoms. The fourth-order valence-corrected chi connectivity index (χ4v) is 1.74. The highest BCUT2D eigenvalue weighted by Crippen LogP contribution is 2.28. The lowest BCUT2D eigenvalue weighted by atomic mass is 10.2. The fraction of sp³-hybridized carbons (Fsp3) is 0.389. The molecule has 142 valence electrons. The lowest BCUT2D eigenvalue weighted by molar-refractivity contribution is -0.143. The Morgan fingerprint density at radius 3 is 2.54 bits per heavy atom. The molecule has 0 fully saturated rings. The summed E-state index contributed by atoms with van der Waals surface area (Å²) in [5.74, 6) is 0.114. The van der Waals surface area contributed by atoms with Crippen LogP contribution < -0.4 is 20.1 Å². The summed E-state index contributed by atoms with van der Waals surface area (Å²) in [5, 5.41) is 4.19. The summed E-state index contributed by atoms with van der Waals surface area (Å²) in [5.41, 5.74) is 0.700. The molecule has 8 heteroatoms. The molecule has 0 saturated carbocycles. The highest BCUT2D eigenvalue weighted by atomic mass is 16.5. The minimum atomic E-state index is -0.723. The Kier molecular flexibility index (Phi) is 8.69. The number of imide groups is 1. The maximum absolute atomic E-state index is 11.6. The van der Waals surface area contributed by atoms with Crippen molar-refractivity contribution in [1.82, 2.24) is 10.6 Å². The first-order valence-corrected chi connectivity index (χ1v) is 8.03. The SMILES string of the molecule is CNC(=O)NC(=O)COC(=O)/C=C/c1ccc(OCC(C)C)c(OC)c1. The predicted molar refractivity (Wildman–Crippen MR) is 95.9 cm³/mol. The number of benzene rings is 1. The van der Waals surface area contributed by atoms with E-state index >= 15 is 0 Å². The van der Waals surface area contributed by atoms with Crippen LogP contribution in [0, 0.1) is 5.92 Å². The third-order valence-electron chi connectivity index (χ3n) is 3.00. The van der Waals surface area contributed by atoms with Crippen molar-refractivity contribution in [2.24, 2.45) is 5.92 Å². The van der Waals surface area contributed by atoms with E-state index < -0.39 is 24.5 Å². The number of urea groups is 1. The van der Waals surface area contributed by atoms with E-state index in [1.807, 2.05) is 19.2 Å². The molecule has 1 aromatic rings. The van der Waals surface area contributed by atoms with Crippen LogP contribution in [0.3, 0.4) is 0 Å². The number of hydrogen-bond donors (Lipinski definition) is 2. The van der Waals surface area contributed by atoms with E-state index in [0.29, 0.717) is 29.6 Å². The second-order valence-electron chi connectivity index (χ2n) is 5.68. The molecule has 0 saturated heterocycles. The first kappa shape index (κ1) is 21.0. The molecule has 0 spiro atoms. The van der Waals surface area contributed by atoms with Gasteiger partial charge in [-0.15, -0.1) is 0 Å². The molecule has 0 bridgehead atoms. The summed E-state index contributed by atoms with van der Waals surface area (Å²) in [6.45, 7) is 4.10. The van der Waals surface area contributed by atoms with Crippen molar-refractivity contribution in [3.63, 3.8) is 0 Å². The van der Waals surface area contributed by atoms with Gasteiger partial charge in [0.15, 0.2) is 18.1 Å². The maximum atomic E-state index is 11.6. The summed E-state index contributed by atoms with van der Waals surface area (Å²) in [7, 11) is 2.90. The molecule has 0 aromatic heterocycles. The average Bonchev–Trinajstić information content (AvgIpc) is 2.62. The number of rotatable bonds is 8. The molecule has 1 aromatic carbocycles. The minimum Gasteiger partial charge on any atom is -0.493 e. The molecule has 3 amide bonds. The summed E-state index contributed by atoms with van der Waals surface area (Å²) in [6, 6.07) is 4.56. The van der Waals surface area contributed by atoms with Gasteiger partial charge >= 0.3 is 12.0 Å². The zero-order valence-electron chi connectivity index (χ0n) is 15.3. The van der Waals surface area contributed by atoms with Gasteiger partial charge in [-0.3, -0.25) is 10.1 Å². The molecule has 1 rings (SSSR count). The number of carbonyl (C=O) groups is 3. The Labute approximate surface area is 152 Å². The van der Waals surface area contributed by atoms with E-state index in [9.17, 15) is 14.4 Å². The van der Waals surface area contributed by atoms with Gasteiger partial charge in [0.1, 0.15) is 0 Å². The van der Waals surface area contributed by atoms with Crippen LogP contribution >= 0.6 is 0 Å². The molecule has 0 heterocycles. The second kappa shape index (κ2) is 10.8. The quantitative estimate of drug-likeness (QED) is 0.538. The Morgan fingerprint density at radius 1 is 1.19 bits per heavy atom. The van der Waals surface area contributed by atoms with Crippen LogP contribution in [0.15, 0.2) is 24.3 Å². The number of ether oxygens (including phenoxy) is 3. The van der Waals surface area contributed by atoms with Crippen molar-refractivity contribution in [2.75, 3.05) is 27.4 Å². The first-order chi connectivity index (χ1) is 12.3. The minimum absolute atomic E-state index is 0.384. The van der Waals surface area contributed by atoms with Crippen LogP contribution in [0.25, 0.3) is 6.08 Å². The molecule has 0 aliphatic heterocycles. The van der Waals surface area contributed by atoms with Crippen LogP contribution in [0.2, 0.25) is 0 Å². The van der Waals surface area contributed by atoms with Gasteiger partial charge in [-0.2, -0.15) is 0 Å². The van der Waals surface area contributed by atoms with Crippen molar-refractivity contribution in [1.29, 1.82) is 0 Å². The van der Waals surface area contributed by atoms with E-state index in [2.05, 4.69) is 5.32 Å². The third kappa shape index (κ3) is 7.69. The van der Waals surface area contributed by atoms with Crippen molar-refractivity contribution in [3.8, 4) is 11.5 Å². The Morgan fingerprint density at radius 2 is 1.92 bits per heavy atom. The number of esters is 1. The van der Waals surface area contributed by atoms with Gasteiger partial charge in [0, 0.05) is 13.1 Å². The first-order valence-electron chi connectivity index (χ1n) is 8.03. The van der Waals surface area contributed by atoms with E-state index in [-0.39, 0.29) is 0 Å². The number of methoxy groups -OCH3 is 1. The molecular weight excluding hydrogens is 340 g/mol. The highest BCUT2D eigenvalue weighted by Gasteiger charge is 2.09. The van der Waals surface area contributed by atoms with Gasteiger partial charge in [-0.05, 0) is 29.7 Å². The van der Waals surface area contributed by atoms with Crippen molar-refractivity contribution in [3.05, 3.63) is 29.8 Å². The van der Waals surface area contributed by atoms with Gasteiger partial charge < -0.3 is 19.5 Å². The number of carbonyl (C=O) groups excluding carboxylic acids is 3. The average molecular weight is 364 g/mol. The Bertz CT molecular complexity index is 670. The normalized spacial score (nSPS) is 10.5. The van der Waals surface area contributed by atoms with Gasteiger partial charge in [0.05, 0.1) is 13.7 Å². The van der Waals surface area contributed by atoms with Crippen LogP contribution in [0.5, 0.6) is 11.5 Å². The second-order valence-corrected chi connectivity index (χ2v) is 5.68. The summed E-state index contributed by atoms with van der Waals surface area (Å²) in [4.78, 5) is 33.9. The molecule has 0 aliphatic carbocycles. The molecule has 8 nitrogen and oxygen atoms in total. The standard InChI is InChI=1S/C18H24N2O6/c1-12(2)10-25-14-7-5-13(9-15(14)24-4)6-8-17(22)26-11-16(21)20-18(23)19-3/h5-9,12H,10-11H2,1-4H3,(H2,19,20,21,23)/b8-6+. The zero-order valence-corrected chi connectivity index (χ0v) is 15.3.